The number of halogens is 1. The van der Waals surface area contributed by atoms with Crippen molar-refractivity contribution in [3.05, 3.63) is 71.3 Å². The van der Waals surface area contributed by atoms with Crippen LogP contribution >= 0.6 is 11.6 Å². The molecule has 2 saturated heterocycles. The normalized spacial score (nSPS) is 33.7. The zero-order valence-electron chi connectivity index (χ0n) is 32.9. The van der Waals surface area contributed by atoms with Crippen molar-refractivity contribution in [2.75, 3.05) is 70.3 Å². The van der Waals surface area contributed by atoms with E-state index in [1.165, 1.54) is 43.3 Å². The summed E-state index contributed by atoms with van der Waals surface area (Å²) in [6, 6.07) is 15.5. The summed E-state index contributed by atoms with van der Waals surface area (Å²) in [5, 5.41) is -0.120. The number of amides is 1. The monoisotopic (exact) mass is 778 g/mol. The van der Waals surface area contributed by atoms with Gasteiger partial charge in [0.2, 0.25) is 0 Å². The number of piperazine rings is 1. The first-order valence-electron chi connectivity index (χ1n) is 20.9. The van der Waals surface area contributed by atoms with Crippen LogP contribution in [-0.4, -0.2) is 102 Å². The number of fused-ring (bicyclic) bond motifs is 5. The molecule has 10 heteroatoms. The molecule has 8 rings (SSSR count). The van der Waals surface area contributed by atoms with Gasteiger partial charge in [-0.25, -0.2) is 4.21 Å². The molecular weight excluding hydrogens is 716 g/mol. The minimum absolute atomic E-state index is 0.120. The summed E-state index contributed by atoms with van der Waals surface area (Å²) in [4.78, 5) is 21.7. The largest absolute Gasteiger partial charge is 0.490 e. The maximum Gasteiger partial charge on any atom is 0.263 e. The molecule has 8 nitrogen and oxygen atoms in total. The molecule has 0 aromatic heterocycles. The van der Waals surface area contributed by atoms with E-state index in [1.807, 2.05) is 18.2 Å². The Balaban J connectivity index is 0.00000221. The molecule has 0 radical (unpaired) electrons. The molecule has 3 fully saturated rings. The summed E-state index contributed by atoms with van der Waals surface area (Å²) >= 11 is 4.64. The summed E-state index contributed by atoms with van der Waals surface area (Å²) in [7, 11) is -1.49. The summed E-state index contributed by atoms with van der Waals surface area (Å²) in [5.74, 6) is 1.38. The van der Waals surface area contributed by atoms with Gasteiger partial charge >= 0.3 is 0 Å². The van der Waals surface area contributed by atoms with Crippen LogP contribution in [-0.2, 0) is 27.6 Å². The van der Waals surface area contributed by atoms with E-state index in [-0.39, 0.29) is 22.2 Å². The summed E-state index contributed by atoms with van der Waals surface area (Å²) in [6.45, 7) is 12.8. The first-order chi connectivity index (χ1) is 26.4. The van der Waals surface area contributed by atoms with Gasteiger partial charge in [-0.1, -0.05) is 49.8 Å². The van der Waals surface area contributed by atoms with Gasteiger partial charge in [-0.3, -0.25) is 19.3 Å². The Hall–Kier alpha value is -2.43. The molecule has 54 heavy (non-hydrogen) atoms. The Labute approximate surface area is 331 Å². The average molecular weight is 780 g/mol. The van der Waals surface area contributed by atoms with Gasteiger partial charge in [-0.15, -0.1) is 11.6 Å². The first-order valence-corrected chi connectivity index (χ1v) is 22.8. The van der Waals surface area contributed by atoms with Crippen LogP contribution < -0.4 is 14.4 Å². The number of anilines is 1. The molecule has 6 aliphatic rings. The van der Waals surface area contributed by atoms with Crippen molar-refractivity contribution in [1.82, 2.24) is 14.5 Å². The van der Waals surface area contributed by atoms with Crippen molar-refractivity contribution < 1.29 is 18.5 Å². The third-order valence-corrected chi connectivity index (χ3v) is 15.1. The van der Waals surface area contributed by atoms with Gasteiger partial charge in [0.05, 0.1) is 17.5 Å². The molecule has 2 bridgehead atoms. The summed E-state index contributed by atoms with van der Waals surface area (Å²) in [5.41, 5.74) is 3.85. The van der Waals surface area contributed by atoms with Crippen molar-refractivity contribution in [3.8, 4) is 5.75 Å². The zero-order valence-corrected chi connectivity index (χ0v) is 34.5. The second-order valence-electron chi connectivity index (χ2n) is 16.6. The van der Waals surface area contributed by atoms with Crippen molar-refractivity contribution in [2.24, 2.45) is 11.8 Å². The number of ether oxygens (including phenoxy) is 2. The lowest BCUT2D eigenvalue weighted by Gasteiger charge is -2.53. The molecule has 1 saturated carbocycles. The zero-order chi connectivity index (χ0) is 37.7. The molecule has 2 aromatic carbocycles. The SMILES string of the molecule is CCO[C@]1(CN2CCN3CCCCC3C2)/C=C/CCC(CC)S(=O)NC(=O)c2ccc3c(c2)N(CC2CCC21)C[C@@]1(CCCc2ccccc21)CO3.CCl. The molecular formula is C44H63ClN4O4S. The number of nitrogens with zero attached hydrogens (tertiary/aromatic N) is 3. The van der Waals surface area contributed by atoms with Gasteiger partial charge in [0.1, 0.15) is 22.3 Å². The Morgan fingerprint density at radius 1 is 1.00 bits per heavy atom. The van der Waals surface area contributed by atoms with E-state index in [2.05, 4.69) is 81.3 Å². The molecule has 1 spiro atoms. The van der Waals surface area contributed by atoms with Crippen LogP contribution in [0, 0.1) is 11.8 Å². The molecule has 7 atom stereocenters. The lowest BCUT2D eigenvalue weighted by atomic mass is 9.63. The number of aryl methyl sites for hydroxylation is 1. The number of rotatable bonds is 5. The fourth-order valence-electron chi connectivity index (χ4n) is 10.7. The third kappa shape index (κ3) is 8.18. The van der Waals surface area contributed by atoms with E-state index in [9.17, 15) is 9.00 Å². The standard InChI is InChI=1S/C43H60N4O4S.CH3Cl/c1-3-36-15-7-9-22-43(51-4-2,30-45-24-25-46-23-10-8-14-35(46)28-45)38-19-17-34(38)27-47-29-42(21-11-13-32-12-5-6-16-37(32)42)31-50-40-20-18-33(26-39(40)47)41(48)44-52(36)49;1-2/h5-6,9,12,16,18,20,22,26,34-36,38H,3-4,7-8,10-11,13-15,17,19,21,23-25,27-31H2,1-2H3,(H,44,48);1H3/b22-9+;/t34?,35?,36?,38?,42-,43-,52?;/m0./s1. The molecule has 1 N–H and O–H groups in total. The number of benzene rings is 2. The van der Waals surface area contributed by atoms with E-state index in [4.69, 9.17) is 9.47 Å². The number of hydrogen-bond donors (Lipinski definition) is 1. The highest BCUT2D eigenvalue weighted by molar-refractivity contribution is 7.84. The lowest BCUT2D eigenvalue weighted by molar-refractivity contribution is -0.116. The van der Waals surface area contributed by atoms with Gasteiger partial charge < -0.3 is 14.4 Å². The van der Waals surface area contributed by atoms with E-state index in [0.29, 0.717) is 36.7 Å². The second-order valence-corrected chi connectivity index (χ2v) is 18.1. The second kappa shape index (κ2) is 17.8. The van der Waals surface area contributed by atoms with Gasteiger partial charge in [0, 0.05) is 69.3 Å². The Kier molecular flexibility index (Phi) is 13.1. The highest BCUT2D eigenvalue weighted by atomic mass is 35.5. The maximum atomic E-state index is 13.7. The maximum absolute atomic E-state index is 13.7. The molecule has 4 aliphatic heterocycles. The minimum atomic E-state index is -1.49. The Morgan fingerprint density at radius 2 is 1.87 bits per heavy atom. The minimum Gasteiger partial charge on any atom is -0.490 e. The van der Waals surface area contributed by atoms with Crippen LogP contribution in [0.1, 0.15) is 99.5 Å². The number of nitrogens with one attached hydrogen (secondary N) is 1. The first kappa shape index (κ1) is 39.8. The fourth-order valence-corrected chi connectivity index (χ4v) is 11.8. The molecule has 1 amide bonds. The smallest absolute Gasteiger partial charge is 0.263 e. The molecule has 4 heterocycles. The summed E-state index contributed by atoms with van der Waals surface area (Å²) in [6.07, 6.45) is 18.1. The number of carbonyl (C=O) groups is 1. The van der Waals surface area contributed by atoms with Crippen molar-refractivity contribution >= 4 is 34.2 Å². The highest BCUT2D eigenvalue weighted by Crippen LogP contribution is 2.49. The Bertz CT molecular complexity index is 1660. The topological polar surface area (TPSA) is 74.4 Å². The van der Waals surface area contributed by atoms with Gasteiger partial charge in [0.25, 0.3) is 5.91 Å². The summed E-state index contributed by atoms with van der Waals surface area (Å²) < 4.78 is 30.3. The Morgan fingerprint density at radius 3 is 2.69 bits per heavy atom. The highest BCUT2D eigenvalue weighted by Gasteiger charge is 2.50. The lowest BCUT2D eigenvalue weighted by Crippen LogP contribution is -2.61. The van der Waals surface area contributed by atoms with Crippen LogP contribution in [0.5, 0.6) is 5.75 Å². The van der Waals surface area contributed by atoms with Gasteiger partial charge in [-0.05, 0) is 119 Å². The van der Waals surface area contributed by atoms with Crippen LogP contribution in [0.3, 0.4) is 0 Å². The van der Waals surface area contributed by atoms with Gasteiger partial charge in [-0.2, -0.15) is 0 Å². The molecule has 5 unspecified atom stereocenters. The number of hydrogen-bond acceptors (Lipinski definition) is 7. The van der Waals surface area contributed by atoms with E-state index >= 15 is 0 Å². The number of allylic oxidation sites excluding steroid dienone is 1. The van der Waals surface area contributed by atoms with Gasteiger partial charge in [0.15, 0.2) is 0 Å². The molecule has 2 aliphatic carbocycles. The van der Waals surface area contributed by atoms with Crippen LogP contribution in [0.25, 0.3) is 0 Å². The third-order valence-electron chi connectivity index (χ3n) is 13.6. The van der Waals surface area contributed by atoms with E-state index < -0.39 is 11.0 Å². The molecule has 296 valence electrons. The number of piperidine rings is 1. The van der Waals surface area contributed by atoms with Crippen LogP contribution in [0.4, 0.5) is 5.69 Å². The quantitative estimate of drug-likeness (QED) is 0.249. The van der Waals surface area contributed by atoms with E-state index in [0.717, 1.165) is 102 Å². The number of alkyl halides is 1. The predicted octanol–water partition coefficient (Wildman–Crippen LogP) is 7.51. The fraction of sp³-hybridized carbons (Fsp3) is 0.659. The molecule has 2 aromatic rings. The van der Waals surface area contributed by atoms with Crippen LogP contribution in [0.15, 0.2) is 54.6 Å². The predicted molar refractivity (Wildman–Crippen MR) is 221 cm³/mol. The van der Waals surface area contributed by atoms with Crippen molar-refractivity contribution in [3.63, 3.8) is 0 Å². The van der Waals surface area contributed by atoms with Crippen molar-refractivity contribution in [2.45, 2.75) is 107 Å². The van der Waals surface area contributed by atoms with Crippen LogP contribution in [0.2, 0.25) is 0 Å². The average Bonchev–Trinajstić information content (AvgIpc) is 3.33. The van der Waals surface area contributed by atoms with E-state index in [1.54, 1.807) is 0 Å². The van der Waals surface area contributed by atoms with Crippen molar-refractivity contribution in [1.29, 1.82) is 0 Å². The number of carbonyl (C=O) groups excluding carboxylic acids is 1.